The molecule has 1 aromatic rings. The van der Waals surface area contributed by atoms with Gasteiger partial charge in [0, 0.05) is 17.8 Å². The van der Waals surface area contributed by atoms with Gasteiger partial charge in [0.2, 0.25) is 0 Å². The summed E-state index contributed by atoms with van der Waals surface area (Å²) in [5.41, 5.74) is 3.06. The number of hydrazine groups is 1. The van der Waals surface area contributed by atoms with Crippen molar-refractivity contribution >= 4 is 11.7 Å². The molecule has 1 fully saturated rings. The van der Waals surface area contributed by atoms with Crippen LogP contribution in [0.15, 0.2) is 18.3 Å². The van der Waals surface area contributed by atoms with E-state index < -0.39 is 0 Å². The molecular formula is C15H24N4O. The lowest BCUT2D eigenvalue weighted by molar-refractivity contribution is 0.0911. The Morgan fingerprint density at radius 3 is 2.85 bits per heavy atom. The fourth-order valence-electron chi connectivity index (χ4n) is 2.99. The molecule has 0 aromatic carbocycles. The van der Waals surface area contributed by atoms with Crippen LogP contribution in [0.2, 0.25) is 0 Å². The second-order valence-corrected chi connectivity index (χ2v) is 5.46. The van der Waals surface area contributed by atoms with Gasteiger partial charge in [-0.2, -0.15) is 0 Å². The Balaban J connectivity index is 2.00. The monoisotopic (exact) mass is 276 g/mol. The number of aromatic nitrogens is 1. The highest BCUT2D eigenvalue weighted by atomic mass is 16.1. The Bertz CT molecular complexity index is 443. The van der Waals surface area contributed by atoms with E-state index in [2.05, 4.69) is 22.7 Å². The molecule has 0 radical (unpaired) electrons. The molecule has 5 nitrogen and oxygen atoms in total. The maximum atomic E-state index is 12.3. The molecule has 1 amide bonds. The first-order valence-corrected chi connectivity index (χ1v) is 7.48. The maximum absolute atomic E-state index is 12.3. The Morgan fingerprint density at radius 2 is 2.20 bits per heavy atom. The van der Waals surface area contributed by atoms with E-state index in [1.807, 2.05) is 0 Å². The van der Waals surface area contributed by atoms with Crippen LogP contribution in [0.5, 0.6) is 0 Å². The molecule has 0 bridgehead atoms. The summed E-state index contributed by atoms with van der Waals surface area (Å²) in [6.45, 7) is 2.14. The second kappa shape index (κ2) is 7.24. The summed E-state index contributed by atoms with van der Waals surface area (Å²) in [6.07, 6.45) is 8.92. The first-order chi connectivity index (χ1) is 9.74. The van der Waals surface area contributed by atoms with E-state index in [9.17, 15) is 4.79 Å². The summed E-state index contributed by atoms with van der Waals surface area (Å²) < 4.78 is 0. The van der Waals surface area contributed by atoms with Crippen LogP contribution in [0.3, 0.4) is 0 Å². The number of rotatable bonds is 5. The van der Waals surface area contributed by atoms with Gasteiger partial charge in [-0.15, -0.1) is 0 Å². The normalized spacial score (nSPS) is 17.5. The van der Waals surface area contributed by atoms with Crippen LogP contribution in [0, 0.1) is 5.92 Å². The van der Waals surface area contributed by atoms with E-state index in [0.717, 1.165) is 6.42 Å². The highest BCUT2D eigenvalue weighted by Crippen LogP contribution is 2.27. The number of anilines is 1. The molecule has 4 N–H and O–H groups in total. The quantitative estimate of drug-likeness (QED) is 0.570. The molecule has 20 heavy (non-hydrogen) atoms. The number of nitrogens with zero attached hydrogens (tertiary/aromatic N) is 1. The number of amides is 1. The van der Waals surface area contributed by atoms with Crippen molar-refractivity contribution in [2.45, 2.75) is 51.5 Å². The smallest absolute Gasteiger partial charge is 0.251 e. The van der Waals surface area contributed by atoms with Crippen molar-refractivity contribution in [3.63, 3.8) is 0 Å². The van der Waals surface area contributed by atoms with Crippen LogP contribution in [0.1, 0.15) is 55.8 Å². The molecule has 5 heteroatoms. The van der Waals surface area contributed by atoms with Crippen molar-refractivity contribution in [2.24, 2.45) is 11.8 Å². The van der Waals surface area contributed by atoms with Gasteiger partial charge in [0.1, 0.15) is 5.82 Å². The molecule has 0 saturated heterocycles. The number of carbonyl (C=O) groups excluding carboxylic acids is 1. The molecule has 1 heterocycles. The maximum Gasteiger partial charge on any atom is 0.251 e. The predicted octanol–water partition coefficient (Wildman–Crippen LogP) is 2.46. The predicted molar refractivity (Wildman–Crippen MR) is 80.2 cm³/mol. The number of nitrogens with one attached hydrogen (secondary N) is 2. The minimum atomic E-state index is -0.0404. The minimum absolute atomic E-state index is 0.0404. The van der Waals surface area contributed by atoms with Gasteiger partial charge in [0.05, 0.1) is 0 Å². The summed E-state index contributed by atoms with van der Waals surface area (Å²) in [5, 5.41) is 3.17. The first-order valence-electron chi connectivity index (χ1n) is 7.48. The zero-order valence-electron chi connectivity index (χ0n) is 12.1. The van der Waals surface area contributed by atoms with Crippen LogP contribution >= 0.6 is 0 Å². The molecule has 110 valence electrons. The fraction of sp³-hybridized carbons (Fsp3) is 0.600. The zero-order chi connectivity index (χ0) is 14.4. The van der Waals surface area contributed by atoms with E-state index in [0.29, 0.717) is 17.3 Å². The molecular weight excluding hydrogens is 252 g/mol. The Kier molecular flexibility index (Phi) is 5.35. The average molecular weight is 276 g/mol. The average Bonchev–Trinajstić information content (AvgIpc) is 2.53. The third-order valence-corrected chi connectivity index (χ3v) is 4.15. The third-order valence-electron chi connectivity index (χ3n) is 4.15. The van der Waals surface area contributed by atoms with Gasteiger partial charge < -0.3 is 10.7 Å². The van der Waals surface area contributed by atoms with E-state index in [-0.39, 0.29) is 11.9 Å². The van der Waals surface area contributed by atoms with Crippen molar-refractivity contribution in [3.05, 3.63) is 23.9 Å². The number of nitrogens with two attached hydrogens (primary N) is 1. The summed E-state index contributed by atoms with van der Waals surface area (Å²) in [4.78, 5) is 16.3. The lowest BCUT2D eigenvalue weighted by Crippen LogP contribution is -2.40. The van der Waals surface area contributed by atoms with E-state index in [4.69, 9.17) is 5.84 Å². The van der Waals surface area contributed by atoms with Crippen LogP contribution < -0.4 is 16.6 Å². The van der Waals surface area contributed by atoms with E-state index in [1.54, 1.807) is 18.3 Å². The van der Waals surface area contributed by atoms with Crippen LogP contribution in [0.25, 0.3) is 0 Å². The lowest BCUT2D eigenvalue weighted by Gasteiger charge is -2.30. The molecule has 1 aliphatic carbocycles. The standard InChI is InChI=1S/C15H24N4O/c1-2-13(11-6-4-3-5-7-11)18-15(20)12-8-9-17-14(10-12)19-16/h8-11,13H,2-7,16H2,1H3,(H,17,19)(H,18,20). The summed E-state index contributed by atoms with van der Waals surface area (Å²) in [5.74, 6) is 6.40. The number of hydrogen-bond donors (Lipinski definition) is 3. The lowest BCUT2D eigenvalue weighted by atomic mass is 9.83. The second-order valence-electron chi connectivity index (χ2n) is 5.46. The minimum Gasteiger partial charge on any atom is -0.349 e. The van der Waals surface area contributed by atoms with Crippen molar-refractivity contribution in [1.82, 2.24) is 10.3 Å². The molecule has 1 unspecified atom stereocenters. The van der Waals surface area contributed by atoms with Gasteiger partial charge in [-0.3, -0.25) is 4.79 Å². The Hall–Kier alpha value is -1.62. The number of nitrogen functional groups attached to an aromatic ring is 1. The topological polar surface area (TPSA) is 80.0 Å². The SMILES string of the molecule is CCC(NC(=O)c1ccnc(NN)c1)C1CCCCC1. The Morgan fingerprint density at radius 1 is 1.45 bits per heavy atom. The molecule has 2 rings (SSSR count). The van der Waals surface area contributed by atoms with Gasteiger partial charge in [0.15, 0.2) is 0 Å². The third kappa shape index (κ3) is 3.70. The van der Waals surface area contributed by atoms with Crippen LogP contribution in [0.4, 0.5) is 5.82 Å². The van der Waals surface area contributed by atoms with Gasteiger partial charge in [-0.1, -0.05) is 26.2 Å². The van der Waals surface area contributed by atoms with Gasteiger partial charge >= 0.3 is 0 Å². The van der Waals surface area contributed by atoms with Crippen LogP contribution in [-0.4, -0.2) is 16.9 Å². The molecule has 0 spiro atoms. The molecule has 1 aliphatic rings. The number of hydrogen-bond acceptors (Lipinski definition) is 4. The largest absolute Gasteiger partial charge is 0.349 e. The molecule has 0 aliphatic heterocycles. The van der Waals surface area contributed by atoms with Gasteiger partial charge in [0.25, 0.3) is 5.91 Å². The number of carbonyl (C=O) groups is 1. The van der Waals surface area contributed by atoms with Gasteiger partial charge in [-0.25, -0.2) is 10.8 Å². The highest BCUT2D eigenvalue weighted by molar-refractivity contribution is 5.94. The van der Waals surface area contributed by atoms with E-state index in [1.165, 1.54) is 32.1 Å². The summed E-state index contributed by atoms with van der Waals surface area (Å²) in [6, 6.07) is 3.65. The van der Waals surface area contributed by atoms with Crippen LogP contribution in [-0.2, 0) is 0 Å². The first kappa shape index (κ1) is 14.8. The molecule has 1 atom stereocenters. The Labute approximate surface area is 120 Å². The van der Waals surface area contributed by atoms with Crippen molar-refractivity contribution < 1.29 is 4.79 Å². The molecule has 1 aromatic heterocycles. The van der Waals surface area contributed by atoms with Crippen molar-refractivity contribution in [1.29, 1.82) is 0 Å². The molecule has 1 saturated carbocycles. The fourth-order valence-corrected chi connectivity index (χ4v) is 2.99. The zero-order valence-corrected chi connectivity index (χ0v) is 12.1. The summed E-state index contributed by atoms with van der Waals surface area (Å²) in [7, 11) is 0. The number of pyridine rings is 1. The van der Waals surface area contributed by atoms with E-state index >= 15 is 0 Å². The summed E-state index contributed by atoms with van der Waals surface area (Å²) >= 11 is 0. The van der Waals surface area contributed by atoms with Gasteiger partial charge in [-0.05, 0) is 37.3 Å². The van der Waals surface area contributed by atoms with Crippen molar-refractivity contribution in [3.8, 4) is 0 Å². The van der Waals surface area contributed by atoms with Crippen molar-refractivity contribution in [2.75, 3.05) is 5.43 Å². The highest BCUT2D eigenvalue weighted by Gasteiger charge is 2.24.